The normalized spacial score (nSPS) is 19.8. The highest BCUT2D eigenvalue weighted by molar-refractivity contribution is 5.48. The number of piperidine rings is 1. The largest absolute Gasteiger partial charge is 0.461 e. The predicted molar refractivity (Wildman–Crippen MR) is 108 cm³/mol. The summed E-state index contributed by atoms with van der Waals surface area (Å²) in [6.07, 6.45) is 3.91. The second-order valence-electron chi connectivity index (χ2n) is 8.41. The standard InChI is InChI=1S/C22H27N5O/c1-17-5-3-6-18(13-17)14-26-10-8-22(9-11-26)16-25(2)15-20-23-24-21(27(20)22)19-7-4-12-28-19/h3-7,12-13H,8-11,14-16H2,1-2H3. The van der Waals surface area contributed by atoms with E-state index >= 15 is 0 Å². The lowest BCUT2D eigenvalue weighted by Crippen LogP contribution is -2.55. The van der Waals surface area contributed by atoms with E-state index in [1.165, 1.54) is 11.1 Å². The number of aromatic nitrogens is 3. The molecule has 6 nitrogen and oxygen atoms in total. The fourth-order valence-corrected chi connectivity index (χ4v) is 4.93. The summed E-state index contributed by atoms with van der Waals surface area (Å²) in [5.41, 5.74) is 2.77. The first-order valence-electron chi connectivity index (χ1n) is 10.1. The van der Waals surface area contributed by atoms with Gasteiger partial charge in [-0.1, -0.05) is 29.8 Å². The summed E-state index contributed by atoms with van der Waals surface area (Å²) in [7, 11) is 2.19. The summed E-state index contributed by atoms with van der Waals surface area (Å²) in [5.74, 6) is 2.73. The Labute approximate surface area is 165 Å². The molecule has 0 amide bonds. The number of likely N-dealkylation sites (N-methyl/N-ethyl adjacent to an activating group) is 1. The van der Waals surface area contributed by atoms with E-state index in [9.17, 15) is 0 Å². The number of benzene rings is 1. The lowest BCUT2D eigenvalue weighted by molar-refractivity contribution is 0.0488. The summed E-state index contributed by atoms with van der Waals surface area (Å²) in [6.45, 7) is 7.21. The Bertz CT molecular complexity index is 953. The van der Waals surface area contributed by atoms with Gasteiger partial charge < -0.3 is 4.42 Å². The van der Waals surface area contributed by atoms with Crippen molar-refractivity contribution in [2.24, 2.45) is 0 Å². The molecule has 0 aliphatic carbocycles. The minimum absolute atomic E-state index is 0.0388. The molecule has 2 aliphatic rings. The van der Waals surface area contributed by atoms with Crippen LogP contribution in [0.5, 0.6) is 0 Å². The molecule has 5 rings (SSSR count). The smallest absolute Gasteiger partial charge is 0.200 e. The van der Waals surface area contributed by atoms with Crippen LogP contribution in [0.25, 0.3) is 11.6 Å². The highest BCUT2D eigenvalue weighted by Gasteiger charge is 2.43. The number of aryl methyl sites for hydroxylation is 1. The molecule has 28 heavy (non-hydrogen) atoms. The van der Waals surface area contributed by atoms with E-state index in [2.05, 4.69) is 62.8 Å². The monoisotopic (exact) mass is 377 g/mol. The molecule has 0 unspecified atom stereocenters. The van der Waals surface area contributed by atoms with Crippen LogP contribution in [0.15, 0.2) is 47.1 Å². The molecule has 1 aromatic carbocycles. The van der Waals surface area contributed by atoms with E-state index in [-0.39, 0.29) is 5.54 Å². The van der Waals surface area contributed by atoms with Gasteiger partial charge in [0, 0.05) is 26.2 Å². The van der Waals surface area contributed by atoms with Gasteiger partial charge in [0.15, 0.2) is 11.6 Å². The van der Waals surface area contributed by atoms with Gasteiger partial charge in [0.1, 0.15) is 5.82 Å². The summed E-state index contributed by atoms with van der Waals surface area (Å²) in [4.78, 5) is 4.96. The fourth-order valence-electron chi connectivity index (χ4n) is 4.93. The van der Waals surface area contributed by atoms with Crippen molar-refractivity contribution in [3.05, 3.63) is 59.6 Å². The Balaban J connectivity index is 1.40. The number of fused-ring (bicyclic) bond motifs is 2. The molecule has 6 heteroatoms. The van der Waals surface area contributed by atoms with E-state index in [1.54, 1.807) is 6.26 Å². The lowest BCUT2D eigenvalue weighted by Gasteiger charge is -2.48. The van der Waals surface area contributed by atoms with Gasteiger partial charge in [-0.25, -0.2) is 0 Å². The van der Waals surface area contributed by atoms with Gasteiger partial charge in [-0.05, 0) is 44.5 Å². The van der Waals surface area contributed by atoms with Crippen LogP contribution >= 0.6 is 0 Å². The number of hydrogen-bond acceptors (Lipinski definition) is 5. The molecule has 0 atom stereocenters. The third kappa shape index (κ3) is 3.06. The third-order valence-corrected chi connectivity index (χ3v) is 6.20. The Kier molecular flexibility index (Phi) is 4.33. The molecule has 2 aromatic heterocycles. The predicted octanol–water partition coefficient (Wildman–Crippen LogP) is 3.28. The zero-order valence-corrected chi connectivity index (χ0v) is 16.6. The summed E-state index contributed by atoms with van der Waals surface area (Å²) >= 11 is 0. The van der Waals surface area contributed by atoms with Crippen LogP contribution in [0.4, 0.5) is 0 Å². The van der Waals surface area contributed by atoms with Crippen molar-refractivity contribution in [3.63, 3.8) is 0 Å². The van der Waals surface area contributed by atoms with Crippen molar-refractivity contribution >= 4 is 0 Å². The number of nitrogens with zero attached hydrogens (tertiary/aromatic N) is 5. The zero-order chi connectivity index (χ0) is 19.1. The van der Waals surface area contributed by atoms with Crippen molar-refractivity contribution in [3.8, 4) is 11.6 Å². The summed E-state index contributed by atoms with van der Waals surface area (Å²) < 4.78 is 8.05. The van der Waals surface area contributed by atoms with Crippen LogP contribution in [-0.4, -0.2) is 51.2 Å². The number of hydrogen-bond donors (Lipinski definition) is 0. The summed E-state index contributed by atoms with van der Waals surface area (Å²) in [6, 6.07) is 12.8. The minimum Gasteiger partial charge on any atom is -0.461 e. The van der Waals surface area contributed by atoms with Crippen molar-refractivity contribution < 1.29 is 4.42 Å². The highest BCUT2D eigenvalue weighted by Crippen LogP contribution is 2.39. The molecule has 0 radical (unpaired) electrons. The van der Waals surface area contributed by atoms with E-state index in [0.29, 0.717) is 0 Å². The molecule has 1 fully saturated rings. The second kappa shape index (κ2) is 6.87. The fraction of sp³-hybridized carbons (Fsp3) is 0.455. The van der Waals surface area contributed by atoms with Crippen LogP contribution in [0, 0.1) is 6.92 Å². The molecule has 0 bridgehead atoms. The molecule has 0 saturated carbocycles. The van der Waals surface area contributed by atoms with Gasteiger partial charge in [-0.2, -0.15) is 0 Å². The summed E-state index contributed by atoms with van der Waals surface area (Å²) in [5, 5.41) is 9.01. The maximum atomic E-state index is 5.67. The maximum Gasteiger partial charge on any atom is 0.200 e. The Morgan fingerprint density at radius 1 is 1.11 bits per heavy atom. The average Bonchev–Trinajstić information content (AvgIpc) is 3.33. The highest BCUT2D eigenvalue weighted by atomic mass is 16.3. The molecular weight excluding hydrogens is 350 g/mol. The van der Waals surface area contributed by atoms with Crippen molar-refractivity contribution in [1.29, 1.82) is 0 Å². The number of furan rings is 1. The molecule has 1 saturated heterocycles. The quantitative estimate of drug-likeness (QED) is 0.701. The van der Waals surface area contributed by atoms with E-state index in [0.717, 1.165) is 63.0 Å². The van der Waals surface area contributed by atoms with Crippen LogP contribution in [0.1, 0.15) is 29.8 Å². The van der Waals surface area contributed by atoms with Gasteiger partial charge >= 0.3 is 0 Å². The topological polar surface area (TPSA) is 50.3 Å². The molecule has 0 N–H and O–H groups in total. The van der Waals surface area contributed by atoms with Gasteiger partial charge in [-0.15, -0.1) is 10.2 Å². The number of likely N-dealkylation sites (tertiary alicyclic amines) is 1. The van der Waals surface area contributed by atoms with Crippen molar-refractivity contribution in [2.75, 3.05) is 26.7 Å². The SMILES string of the molecule is Cc1cccc(CN2CCC3(CC2)CN(C)Cc2nnc(-c4ccco4)n23)c1. The van der Waals surface area contributed by atoms with Crippen molar-refractivity contribution in [1.82, 2.24) is 24.6 Å². The van der Waals surface area contributed by atoms with Gasteiger partial charge in [-0.3, -0.25) is 14.4 Å². The van der Waals surface area contributed by atoms with Gasteiger partial charge in [0.25, 0.3) is 0 Å². The molecule has 146 valence electrons. The van der Waals surface area contributed by atoms with Crippen LogP contribution < -0.4 is 0 Å². The number of rotatable bonds is 3. The molecule has 2 aliphatic heterocycles. The Hall–Kier alpha value is -2.44. The average molecular weight is 377 g/mol. The first-order valence-corrected chi connectivity index (χ1v) is 10.1. The first kappa shape index (κ1) is 17.6. The maximum absolute atomic E-state index is 5.67. The van der Waals surface area contributed by atoms with E-state index in [4.69, 9.17) is 4.42 Å². The second-order valence-corrected chi connectivity index (χ2v) is 8.41. The van der Waals surface area contributed by atoms with Gasteiger partial charge in [0.05, 0.1) is 18.3 Å². The zero-order valence-electron chi connectivity index (χ0n) is 16.6. The Morgan fingerprint density at radius 2 is 1.96 bits per heavy atom. The van der Waals surface area contributed by atoms with E-state index < -0.39 is 0 Å². The van der Waals surface area contributed by atoms with Crippen LogP contribution in [0.2, 0.25) is 0 Å². The van der Waals surface area contributed by atoms with Crippen LogP contribution in [-0.2, 0) is 18.6 Å². The molecule has 1 spiro atoms. The van der Waals surface area contributed by atoms with E-state index in [1.807, 2.05) is 12.1 Å². The molecule has 4 heterocycles. The molecule has 3 aromatic rings. The Morgan fingerprint density at radius 3 is 2.71 bits per heavy atom. The minimum atomic E-state index is 0.0388. The lowest BCUT2D eigenvalue weighted by atomic mass is 9.84. The van der Waals surface area contributed by atoms with Gasteiger partial charge in [0.2, 0.25) is 0 Å². The van der Waals surface area contributed by atoms with Crippen LogP contribution in [0.3, 0.4) is 0 Å². The first-order chi connectivity index (χ1) is 13.6. The molecular formula is C22H27N5O. The van der Waals surface area contributed by atoms with Crippen molar-refractivity contribution in [2.45, 2.75) is 38.4 Å². The third-order valence-electron chi connectivity index (χ3n) is 6.20.